The molecule has 0 aliphatic heterocycles. The Hall–Kier alpha value is -3.21. The van der Waals surface area contributed by atoms with Crippen molar-refractivity contribution < 1.29 is 13.6 Å². The molecule has 0 bridgehead atoms. The Morgan fingerprint density at radius 2 is 1.82 bits per heavy atom. The summed E-state index contributed by atoms with van der Waals surface area (Å²) in [6.45, 7) is 2.36. The van der Waals surface area contributed by atoms with E-state index >= 15 is 0 Å². The van der Waals surface area contributed by atoms with Gasteiger partial charge in [0.05, 0.1) is 11.0 Å². The molecular formula is C23H19F2N2O. The van der Waals surface area contributed by atoms with E-state index in [1.807, 2.05) is 16.7 Å². The van der Waals surface area contributed by atoms with E-state index in [-0.39, 0.29) is 6.54 Å². The van der Waals surface area contributed by atoms with Gasteiger partial charge in [0, 0.05) is 28.9 Å². The van der Waals surface area contributed by atoms with Crippen LogP contribution in [0.5, 0.6) is 0 Å². The molecular weight excluding hydrogens is 358 g/mol. The summed E-state index contributed by atoms with van der Waals surface area (Å²) in [6.07, 6.45) is 1.88. The van der Waals surface area contributed by atoms with Crippen LogP contribution in [0.3, 0.4) is 0 Å². The standard InChI is InChI=1S/C23H19F2N2O/c1-2-4-14-7-8-18-21(11-14)27(13-15-9-16(24)12-17(25)10-15)20-6-3-5-19(22(18)20)23(26)28/h3,5-7,9-12H,2,4,13H2,1H3,(H2,26,28). The van der Waals surface area contributed by atoms with Crippen molar-refractivity contribution in [3.05, 3.63) is 82.9 Å². The predicted octanol–water partition coefficient (Wildman–Crippen LogP) is 4.97. The van der Waals surface area contributed by atoms with Gasteiger partial charge in [-0.3, -0.25) is 4.79 Å². The minimum absolute atomic E-state index is 0.264. The predicted molar refractivity (Wildman–Crippen MR) is 106 cm³/mol. The van der Waals surface area contributed by atoms with E-state index in [0.29, 0.717) is 16.5 Å². The van der Waals surface area contributed by atoms with E-state index in [9.17, 15) is 13.6 Å². The van der Waals surface area contributed by atoms with Crippen LogP contribution in [0.15, 0.2) is 48.5 Å². The number of fused-ring (bicyclic) bond motifs is 3. The summed E-state index contributed by atoms with van der Waals surface area (Å²) in [6, 6.07) is 16.1. The van der Waals surface area contributed by atoms with Crippen LogP contribution in [0.25, 0.3) is 21.8 Å². The molecule has 5 heteroatoms. The molecule has 0 spiro atoms. The van der Waals surface area contributed by atoms with E-state index in [1.165, 1.54) is 12.1 Å². The summed E-state index contributed by atoms with van der Waals surface area (Å²) >= 11 is 0. The summed E-state index contributed by atoms with van der Waals surface area (Å²) in [5.74, 6) is -1.76. The van der Waals surface area contributed by atoms with E-state index < -0.39 is 17.5 Å². The maximum absolute atomic E-state index is 13.7. The van der Waals surface area contributed by atoms with Gasteiger partial charge in [0.2, 0.25) is 5.91 Å². The molecule has 0 atom stereocenters. The highest BCUT2D eigenvalue weighted by atomic mass is 19.1. The molecule has 1 radical (unpaired) electrons. The van der Waals surface area contributed by atoms with Crippen LogP contribution in [0, 0.1) is 17.7 Å². The van der Waals surface area contributed by atoms with Crippen molar-refractivity contribution in [2.75, 3.05) is 0 Å². The Labute approximate surface area is 161 Å². The summed E-state index contributed by atoms with van der Waals surface area (Å²) in [4.78, 5) is 12.0. The number of carbonyl (C=O) groups excluding carboxylic acids is 1. The zero-order chi connectivity index (χ0) is 19.8. The lowest BCUT2D eigenvalue weighted by molar-refractivity contribution is 0.100. The smallest absolute Gasteiger partial charge is 0.249 e. The molecule has 3 aromatic carbocycles. The van der Waals surface area contributed by atoms with Crippen molar-refractivity contribution in [2.45, 2.75) is 26.3 Å². The second-order valence-corrected chi connectivity index (χ2v) is 6.95. The van der Waals surface area contributed by atoms with E-state index in [0.717, 1.165) is 40.9 Å². The molecule has 0 aliphatic carbocycles. The number of nitrogens with two attached hydrogens (primary N) is 1. The Kier molecular flexibility index (Phi) is 4.59. The summed E-state index contributed by atoms with van der Waals surface area (Å²) in [5.41, 5.74) is 9.25. The van der Waals surface area contributed by atoms with Crippen LogP contribution in [0.1, 0.15) is 34.8 Å². The van der Waals surface area contributed by atoms with Crippen molar-refractivity contribution in [1.29, 1.82) is 0 Å². The number of benzene rings is 3. The van der Waals surface area contributed by atoms with E-state index in [2.05, 4.69) is 19.1 Å². The molecule has 0 unspecified atom stereocenters. The zero-order valence-corrected chi connectivity index (χ0v) is 15.4. The average Bonchev–Trinajstić information content (AvgIpc) is 2.94. The summed E-state index contributed by atoms with van der Waals surface area (Å²) < 4.78 is 29.4. The highest BCUT2D eigenvalue weighted by Gasteiger charge is 2.17. The van der Waals surface area contributed by atoms with Crippen LogP contribution >= 0.6 is 0 Å². The average molecular weight is 377 g/mol. The maximum Gasteiger partial charge on any atom is 0.249 e. The molecule has 28 heavy (non-hydrogen) atoms. The number of hydrogen-bond acceptors (Lipinski definition) is 1. The highest BCUT2D eigenvalue weighted by Crippen LogP contribution is 2.33. The second-order valence-electron chi connectivity index (χ2n) is 6.95. The molecule has 3 nitrogen and oxygen atoms in total. The first kappa shape index (κ1) is 18.2. The Bertz CT molecular complexity index is 1190. The van der Waals surface area contributed by atoms with Crippen LogP contribution in [-0.2, 0) is 13.0 Å². The van der Waals surface area contributed by atoms with Gasteiger partial charge < -0.3 is 10.3 Å². The lowest BCUT2D eigenvalue weighted by Crippen LogP contribution is -2.11. The first-order chi connectivity index (χ1) is 13.5. The van der Waals surface area contributed by atoms with Crippen molar-refractivity contribution >= 4 is 27.7 Å². The molecule has 141 valence electrons. The Balaban J connectivity index is 2.02. The number of amides is 1. The molecule has 4 rings (SSSR count). The van der Waals surface area contributed by atoms with E-state index in [4.69, 9.17) is 5.73 Å². The maximum atomic E-state index is 13.7. The molecule has 1 amide bonds. The fraction of sp³-hybridized carbons (Fsp3) is 0.174. The number of nitrogens with zero attached hydrogens (tertiary/aromatic N) is 1. The SMILES string of the molecule is CCCc1c[c]c2c3c(C(N)=O)cccc3n(Cc3cc(F)cc(F)c3)c2c1. The third-order valence-corrected chi connectivity index (χ3v) is 4.92. The Morgan fingerprint density at radius 3 is 2.50 bits per heavy atom. The normalized spacial score (nSPS) is 11.4. The quantitative estimate of drug-likeness (QED) is 0.524. The number of hydrogen-bond donors (Lipinski definition) is 1. The minimum atomic E-state index is -0.619. The first-order valence-electron chi connectivity index (χ1n) is 9.18. The fourth-order valence-corrected chi connectivity index (χ4v) is 3.79. The monoisotopic (exact) mass is 377 g/mol. The molecule has 0 fully saturated rings. The lowest BCUT2D eigenvalue weighted by atomic mass is 10.0. The molecule has 4 aromatic rings. The number of carbonyl (C=O) groups is 1. The molecule has 0 saturated carbocycles. The zero-order valence-electron chi connectivity index (χ0n) is 15.4. The molecule has 1 aromatic heterocycles. The first-order valence-corrected chi connectivity index (χ1v) is 9.18. The van der Waals surface area contributed by atoms with Gasteiger partial charge in [0.25, 0.3) is 0 Å². The molecule has 0 saturated heterocycles. The topological polar surface area (TPSA) is 48.0 Å². The molecule has 0 aliphatic rings. The van der Waals surface area contributed by atoms with Gasteiger partial charge in [-0.2, -0.15) is 0 Å². The number of aryl methyl sites for hydroxylation is 1. The number of primary amides is 1. The van der Waals surface area contributed by atoms with Gasteiger partial charge in [0.15, 0.2) is 0 Å². The van der Waals surface area contributed by atoms with Crippen molar-refractivity contribution in [3.8, 4) is 0 Å². The highest BCUT2D eigenvalue weighted by molar-refractivity contribution is 6.17. The summed E-state index contributed by atoms with van der Waals surface area (Å²) in [5, 5.41) is 1.49. The van der Waals surface area contributed by atoms with Crippen molar-refractivity contribution in [1.82, 2.24) is 4.57 Å². The fourth-order valence-electron chi connectivity index (χ4n) is 3.79. The van der Waals surface area contributed by atoms with Crippen molar-refractivity contribution in [2.24, 2.45) is 5.73 Å². The largest absolute Gasteiger partial charge is 0.366 e. The van der Waals surface area contributed by atoms with Crippen LogP contribution in [0.4, 0.5) is 8.78 Å². The molecule has 2 N–H and O–H groups in total. The number of halogens is 2. The lowest BCUT2D eigenvalue weighted by Gasteiger charge is -2.09. The number of rotatable bonds is 5. The second kappa shape index (κ2) is 7.08. The van der Waals surface area contributed by atoms with Gasteiger partial charge in [-0.25, -0.2) is 8.78 Å². The molecule has 1 heterocycles. The van der Waals surface area contributed by atoms with Gasteiger partial charge in [-0.05, 0) is 53.9 Å². The third kappa shape index (κ3) is 3.13. The van der Waals surface area contributed by atoms with Gasteiger partial charge in [-0.15, -0.1) is 0 Å². The summed E-state index contributed by atoms with van der Waals surface area (Å²) in [7, 11) is 0. The van der Waals surface area contributed by atoms with Gasteiger partial charge in [0.1, 0.15) is 11.6 Å². The number of aromatic nitrogens is 1. The Morgan fingerprint density at radius 1 is 1.07 bits per heavy atom. The van der Waals surface area contributed by atoms with Crippen molar-refractivity contribution in [3.63, 3.8) is 0 Å². The van der Waals surface area contributed by atoms with Crippen LogP contribution in [0.2, 0.25) is 0 Å². The van der Waals surface area contributed by atoms with Gasteiger partial charge in [-0.1, -0.05) is 25.5 Å². The minimum Gasteiger partial charge on any atom is -0.366 e. The third-order valence-electron chi connectivity index (χ3n) is 4.92. The van der Waals surface area contributed by atoms with Crippen LogP contribution < -0.4 is 5.73 Å². The van der Waals surface area contributed by atoms with Gasteiger partial charge >= 0.3 is 0 Å². The van der Waals surface area contributed by atoms with Crippen LogP contribution in [-0.4, -0.2) is 10.5 Å². The van der Waals surface area contributed by atoms with E-state index in [1.54, 1.807) is 12.1 Å².